The Bertz CT molecular complexity index is 266. The maximum absolute atomic E-state index is 11.9. The van der Waals surface area contributed by atoms with E-state index >= 15 is 0 Å². The van der Waals surface area contributed by atoms with Crippen LogP contribution in [0.5, 0.6) is 0 Å². The van der Waals surface area contributed by atoms with E-state index in [4.69, 9.17) is 0 Å². The van der Waals surface area contributed by atoms with Crippen molar-refractivity contribution in [2.75, 3.05) is 33.7 Å². The average Bonchev–Trinajstić information content (AvgIpc) is 2.31. The molecule has 0 spiro atoms. The Morgan fingerprint density at radius 1 is 1.44 bits per heavy atom. The molecule has 0 radical (unpaired) electrons. The van der Waals surface area contributed by atoms with Gasteiger partial charge in [-0.25, -0.2) is 0 Å². The van der Waals surface area contributed by atoms with Gasteiger partial charge in [-0.3, -0.25) is 9.59 Å². The number of hydrogen-bond donors (Lipinski definition) is 1. The average molecular weight is 227 g/mol. The normalized spacial score (nSPS) is 22.2. The van der Waals surface area contributed by atoms with E-state index in [1.165, 1.54) is 0 Å². The van der Waals surface area contributed by atoms with Crippen LogP contribution in [-0.4, -0.2) is 61.4 Å². The molecule has 0 bridgehead atoms. The minimum atomic E-state index is -0.380. The fourth-order valence-corrected chi connectivity index (χ4v) is 1.80. The molecule has 1 atom stereocenters. The Kier molecular flexibility index (Phi) is 4.73. The van der Waals surface area contributed by atoms with Crippen molar-refractivity contribution < 1.29 is 9.59 Å². The molecule has 5 nitrogen and oxygen atoms in total. The molecule has 92 valence electrons. The number of nitrogens with zero attached hydrogens (tertiary/aromatic N) is 2. The van der Waals surface area contributed by atoms with Crippen LogP contribution < -0.4 is 5.32 Å². The van der Waals surface area contributed by atoms with E-state index in [1.54, 1.807) is 11.8 Å². The Morgan fingerprint density at radius 3 is 2.75 bits per heavy atom. The molecule has 2 amide bonds. The lowest BCUT2D eigenvalue weighted by Gasteiger charge is -2.22. The number of rotatable bonds is 4. The van der Waals surface area contributed by atoms with Crippen molar-refractivity contribution in [2.24, 2.45) is 0 Å². The van der Waals surface area contributed by atoms with Gasteiger partial charge >= 0.3 is 0 Å². The van der Waals surface area contributed by atoms with Gasteiger partial charge < -0.3 is 15.1 Å². The summed E-state index contributed by atoms with van der Waals surface area (Å²) in [6.07, 6.45) is 1.36. The van der Waals surface area contributed by atoms with Gasteiger partial charge in [-0.15, -0.1) is 0 Å². The van der Waals surface area contributed by atoms with Gasteiger partial charge in [-0.05, 0) is 34.0 Å². The van der Waals surface area contributed by atoms with Gasteiger partial charge in [0.15, 0.2) is 0 Å². The predicted molar refractivity (Wildman–Crippen MR) is 62.0 cm³/mol. The third-order valence-corrected chi connectivity index (χ3v) is 2.70. The number of amides is 2. The quantitative estimate of drug-likeness (QED) is 0.716. The molecule has 1 rings (SSSR count). The van der Waals surface area contributed by atoms with Gasteiger partial charge in [0, 0.05) is 19.5 Å². The summed E-state index contributed by atoms with van der Waals surface area (Å²) in [5.41, 5.74) is 0. The summed E-state index contributed by atoms with van der Waals surface area (Å²) in [4.78, 5) is 27.0. The molecule has 1 saturated heterocycles. The fraction of sp³-hybridized carbons (Fsp3) is 0.818. The van der Waals surface area contributed by atoms with Crippen molar-refractivity contribution in [3.8, 4) is 0 Å². The van der Waals surface area contributed by atoms with Gasteiger partial charge in [0.2, 0.25) is 11.8 Å². The van der Waals surface area contributed by atoms with E-state index in [1.807, 2.05) is 14.1 Å². The second-order valence-electron chi connectivity index (χ2n) is 4.52. The van der Waals surface area contributed by atoms with Crippen molar-refractivity contribution in [3.05, 3.63) is 0 Å². The molecule has 1 N–H and O–H groups in total. The molecule has 0 saturated carbocycles. The summed E-state index contributed by atoms with van der Waals surface area (Å²) in [7, 11) is 4.02. The summed E-state index contributed by atoms with van der Waals surface area (Å²) < 4.78 is 0. The maximum Gasteiger partial charge on any atom is 0.244 e. The zero-order chi connectivity index (χ0) is 12.1. The molecule has 1 aliphatic rings. The topological polar surface area (TPSA) is 52.7 Å². The monoisotopic (exact) mass is 227 g/mol. The number of hydrogen-bond acceptors (Lipinski definition) is 3. The lowest BCUT2D eigenvalue weighted by Crippen LogP contribution is -2.43. The molecule has 1 unspecified atom stereocenters. The second-order valence-corrected chi connectivity index (χ2v) is 4.52. The minimum absolute atomic E-state index is 0.0315. The first-order valence-corrected chi connectivity index (χ1v) is 5.73. The molecule has 0 aromatic rings. The Balaban J connectivity index is 2.44. The lowest BCUT2D eigenvalue weighted by molar-refractivity contribution is -0.133. The van der Waals surface area contributed by atoms with Gasteiger partial charge in [-0.2, -0.15) is 0 Å². The molecule has 5 heteroatoms. The van der Waals surface area contributed by atoms with Gasteiger partial charge in [0.1, 0.15) is 6.04 Å². The maximum atomic E-state index is 11.9. The van der Waals surface area contributed by atoms with Crippen LogP contribution in [0.15, 0.2) is 0 Å². The highest BCUT2D eigenvalue weighted by molar-refractivity contribution is 5.89. The molecule has 0 aliphatic carbocycles. The molecule has 1 fully saturated rings. The van der Waals surface area contributed by atoms with E-state index < -0.39 is 0 Å². The van der Waals surface area contributed by atoms with Crippen LogP contribution in [0, 0.1) is 0 Å². The number of carbonyl (C=O) groups excluding carboxylic acids is 2. The SMILES string of the molecule is CC1NC(=O)CCN(CCCN(C)C)C1=O. The number of nitrogens with one attached hydrogen (secondary N) is 1. The highest BCUT2D eigenvalue weighted by Crippen LogP contribution is 2.04. The van der Waals surface area contributed by atoms with E-state index in [-0.39, 0.29) is 17.9 Å². The Hall–Kier alpha value is -1.10. The third-order valence-electron chi connectivity index (χ3n) is 2.70. The van der Waals surface area contributed by atoms with Crippen molar-refractivity contribution in [1.29, 1.82) is 0 Å². The van der Waals surface area contributed by atoms with E-state index in [0.717, 1.165) is 19.5 Å². The largest absolute Gasteiger partial charge is 0.345 e. The zero-order valence-corrected chi connectivity index (χ0v) is 10.3. The van der Waals surface area contributed by atoms with Crippen LogP contribution in [0.2, 0.25) is 0 Å². The molecule has 16 heavy (non-hydrogen) atoms. The van der Waals surface area contributed by atoms with Gasteiger partial charge in [-0.1, -0.05) is 0 Å². The molecular weight excluding hydrogens is 206 g/mol. The standard InChI is InChI=1S/C11H21N3O2/c1-9-11(16)14(7-4-6-13(2)3)8-5-10(15)12-9/h9H,4-8H2,1-3H3,(H,12,15). The Morgan fingerprint density at radius 2 is 2.12 bits per heavy atom. The molecular formula is C11H21N3O2. The van der Waals surface area contributed by atoms with Crippen LogP contribution in [0.25, 0.3) is 0 Å². The number of carbonyl (C=O) groups is 2. The van der Waals surface area contributed by atoms with E-state index in [2.05, 4.69) is 10.2 Å². The van der Waals surface area contributed by atoms with Crippen molar-refractivity contribution in [3.63, 3.8) is 0 Å². The first-order valence-electron chi connectivity index (χ1n) is 5.73. The third kappa shape index (κ3) is 3.81. The van der Waals surface area contributed by atoms with Crippen LogP contribution >= 0.6 is 0 Å². The van der Waals surface area contributed by atoms with Crippen LogP contribution in [0.3, 0.4) is 0 Å². The molecule has 0 aromatic carbocycles. The van der Waals surface area contributed by atoms with Gasteiger partial charge in [0.25, 0.3) is 0 Å². The summed E-state index contributed by atoms with van der Waals surface area (Å²) in [6.45, 7) is 3.97. The zero-order valence-electron chi connectivity index (χ0n) is 10.3. The van der Waals surface area contributed by atoms with Crippen LogP contribution in [-0.2, 0) is 9.59 Å². The van der Waals surface area contributed by atoms with Crippen molar-refractivity contribution in [1.82, 2.24) is 15.1 Å². The smallest absolute Gasteiger partial charge is 0.244 e. The molecule has 1 heterocycles. The summed E-state index contributed by atoms with van der Waals surface area (Å²) in [5.74, 6) is 0.000524. The molecule has 1 aliphatic heterocycles. The van der Waals surface area contributed by atoms with Gasteiger partial charge in [0.05, 0.1) is 0 Å². The van der Waals surface area contributed by atoms with E-state index in [0.29, 0.717) is 13.0 Å². The summed E-state index contributed by atoms with van der Waals surface area (Å²) >= 11 is 0. The predicted octanol–water partition coefficient (Wildman–Crippen LogP) is -0.325. The summed E-state index contributed by atoms with van der Waals surface area (Å²) in [6, 6.07) is -0.380. The highest BCUT2D eigenvalue weighted by atomic mass is 16.2. The second kappa shape index (κ2) is 5.84. The lowest BCUT2D eigenvalue weighted by atomic mass is 10.2. The van der Waals surface area contributed by atoms with Crippen LogP contribution in [0.4, 0.5) is 0 Å². The fourth-order valence-electron chi connectivity index (χ4n) is 1.80. The van der Waals surface area contributed by atoms with Crippen LogP contribution in [0.1, 0.15) is 19.8 Å². The first-order chi connectivity index (χ1) is 7.50. The minimum Gasteiger partial charge on any atom is -0.345 e. The highest BCUT2D eigenvalue weighted by Gasteiger charge is 2.25. The summed E-state index contributed by atoms with van der Waals surface area (Å²) in [5, 5.41) is 2.68. The molecule has 0 aromatic heterocycles. The first kappa shape index (κ1) is 13.0. The van der Waals surface area contributed by atoms with E-state index in [9.17, 15) is 9.59 Å². The van der Waals surface area contributed by atoms with Crippen molar-refractivity contribution in [2.45, 2.75) is 25.8 Å². The van der Waals surface area contributed by atoms with Crippen molar-refractivity contribution >= 4 is 11.8 Å². The Labute approximate surface area is 96.8 Å².